The van der Waals surface area contributed by atoms with Crippen LogP contribution < -0.4 is 0 Å². The topological polar surface area (TPSA) is 54.0 Å². The number of hydrogen-bond donors (Lipinski definition) is 0. The minimum atomic E-state index is 0.569. The molecule has 112 valence electrons. The number of aromatic nitrogens is 3. The molecule has 0 aliphatic heterocycles. The summed E-state index contributed by atoms with van der Waals surface area (Å²) in [6, 6.07) is 10.2. The van der Waals surface area contributed by atoms with Crippen molar-refractivity contribution in [3.8, 4) is 6.07 Å². The van der Waals surface area contributed by atoms with E-state index >= 15 is 0 Å². The van der Waals surface area contributed by atoms with Crippen molar-refractivity contribution < 1.29 is 0 Å². The average molecular weight is 336 g/mol. The fourth-order valence-electron chi connectivity index (χ4n) is 2.52. The lowest BCUT2D eigenvalue weighted by atomic mass is 10.2. The number of nitrogens with zero attached hydrogens (tertiary/aromatic N) is 4. The molecule has 4 nitrogen and oxygen atoms in total. The summed E-state index contributed by atoms with van der Waals surface area (Å²) in [6.07, 6.45) is 3.94. The Balaban J connectivity index is 1.89. The first kappa shape index (κ1) is 14.1. The second kappa shape index (κ2) is 5.30. The first-order chi connectivity index (χ1) is 11.2. The molecule has 0 bridgehead atoms. The molecule has 4 rings (SSSR count). The smallest absolute Gasteiger partial charge is 0.194 e. The number of benzene rings is 1. The molecule has 0 fully saturated rings. The van der Waals surface area contributed by atoms with Crippen molar-refractivity contribution in [2.75, 3.05) is 0 Å². The molecule has 0 amide bonds. The van der Waals surface area contributed by atoms with Crippen LogP contribution in [-0.2, 0) is 0 Å². The zero-order valence-electron chi connectivity index (χ0n) is 12.6. The second-order valence-corrected chi connectivity index (χ2v) is 7.48. The molecule has 0 N–H and O–H groups in total. The molecule has 4 aromatic rings. The molecule has 0 saturated carbocycles. The molecule has 3 aromatic heterocycles. The van der Waals surface area contributed by atoms with Gasteiger partial charge in [-0.2, -0.15) is 5.26 Å². The van der Waals surface area contributed by atoms with Gasteiger partial charge in [-0.3, -0.25) is 4.40 Å². The van der Waals surface area contributed by atoms with E-state index in [1.165, 1.54) is 16.2 Å². The first-order valence-corrected chi connectivity index (χ1v) is 8.72. The number of hydrogen-bond acceptors (Lipinski definition) is 5. The third kappa shape index (κ3) is 2.34. The lowest BCUT2D eigenvalue weighted by Crippen LogP contribution is -1.87. The van der Waals surface area contributed by atoms with E-state index < -0.39 is 0 Å². The van der Waals surface area contributed by atoms with Gasteiger partial charge in [0, 0.05) is 11.1 Å². The van der Waals surface area contributed by atoms with E-state index in [1.54, 1.807) is 11.3 Å². The van der Waals surface area contributed by atoms with Gasteiger partial charge in [-0.25, -0.2) is 9.97 Å². The van der Waals surface area contributed by atoms with Gasteiger partial charge >= 0.3 is 0 Å². The van der Waals surface area contributed by atoms with Crippen LogP contribution in [0.1, 0.15) is 21.3 Å². The van der Waals surface area contributed by atoms with Gasteiger partial charge in [0.2, 0.25) is 0 Å². The highest BCUT2D eigenvalue weighted by molar-refractivity contribution is 7.19. The fourth-order valence-corrected chi connectivity index (χ4v) is 4.33. The third-order valence-corrected chi connectivity index (χ3v) is 5.56. The van der Waals surface area contributed by atoms with E-state index in [0.29, 0.717) is 5.57 Å². The van der Waals surface area contributed by atoms with E-state index in [4.69, 9.17) is 0 Å². The molecule has 3 heterocycles. The van der Waals surface area contributed by atoms with Crippen LogP contribution in [0.4, 0.5) is 0 Å². The van der Waals surface area contributed by atoms with Crippen molar-refractivity contribution in [2.45, 2.75) is 13.8 Å². The summed E-state index contributed by atoms with van der Waals surface area (Å²) < 4.78 is 3.13. The van der Waals surface area contributed by atoms with E-state index in [9.17, 15) is 5.26 Å². The Morgan fingerprint density at radius 2 is 2.04 bits per heavy atom. The summed E-state index contributed by atoms with van der Waals surface area (Å²) >= 11 is 3.19. The number of para-hydroxylation sites is 1. The van der Waals surface area contributed by atoms with Crippen LogP contribution in [0.5, 0.6) is 0 Å². The lowest BCUT2D eigenvalue weighted by Gasteiger charge is -1.96. The molecular formula is C17H12N4S2. The lowest BCUT2D eigenvalue weighted by molar-refractivity contribution is 1.18. The highest BCUT2D eigenvalue weighted by Gasteiger charge is 2.13. The molecule has 0 spiro atoms. The standard InChI is InChI=1S/C17H12N4S2/c1-10-9-21-14(11(2)19-17(21)22-10)7-12(8-18)16-20-13-5-3-4-6-15(13)23-16/h3-7,9H,1-2H3/b12-7+. The molecule has 0 aliphatic carbocycles. The summed E-state index contributed by atoms with van der Waals surface area (Å²) in [5.41, 5.74) is 3.36. The molecule has 0 atom stereocenters. The fraction of sp³-hybridized carbons (Fsp3) is 0.118. The minimum Gasteiger partial charge on any atom is -0.290 e. The van der Waals surface area contributed by atoms with Gasteiger partial charge in [0.1, 0.15) is 11.1 Å². The van der Waals surface area contributed by atoms with Crippen LogP contribution in [0, 0.1) is 25.2 Å². The Morgan fingerprint density at radius 1 is 1.22 bits per heavy atom. The molecule has 1 aromatic carbocycles. The maximum Gasteiger partial charge on any atom is 0.194 e. The molecule has 23 heavy (non-hydrogen) atoms. The van der Waals surface area contributed by atoms with E-state index in [0.717, 1.165) is 31.6 Å². The Hall–Kier alpha value is -2.49. The molecule has 0 aliphatic rings. The monoisotopic (exact) mass is 336 g/mol. The second-order valence-electron chi connectivity index (χ2n) is 5.23. The van der Waals surface area contributed by atoms with Crippen LogP contribution in [-0.4, -0.2) is 14.4 Å². The van der Waals surface area contributed by atoms with E-state index in [1.807, 2.05) is 41.7 Å². The van der Waals surface area contributed by atoms with Crippen LogP contribution in [0.2, 0.25) is 0 Å². The van der Waals surface area contributed by atoms with E-state index in [2.05, 4.69) is 29.2 Å². The summed E-state index contributed by atoms with van der Waals surface area (Å²) in [7, 11) is 0. The van der Waals surface area contributed by atoms with Gasteiger partial charge in [0.05, 0.1) is 27.2 Å². The van der Waals surface area contributed by atoms with Crippen LogP contribution in [0.25, 0.3) is 26.8 Å². The minimum absolute atomic E-state index is 0.569. The van der Waals surface area contributed by atoms with Crippen molar-refractivity contribution in [1.29, 1.82) is 5.26 Å². The van der Waals surface area contributed by atoms with Crippen molar-refractivity contribution in [1.82, 2.24) is 14.4 Å². The van der Waals surface area contributed by atoms with Gasteiger partial charge in [-0.05, 0) is 32.1 Å². The molecule has 0 unspecified atom stereocenters. The zero-order valence-corrected chi connectivity index (χ0v) is 14.2. The van der Waals surface area contributed by atoms with Crippen molar-refractivity contribution in [2.24, 2.45) is 0 Å². The van der Waals surface area contributed by atoms with Crippen LogP contribution in [0.15, 0.2) is 30.5 Å². The Bertz CT molecular complexity index is 1070. The van der Waals surface area contributed by atoms with Gasteiger partial charge in [-0.15, -0.1) is 22.7 Å². The molecule has 0 radical (unpaired) electrons. The van der Waals surface area contributed by atoms with Gasteiger partial charge < -0.3 is 0 Å². The number of nitriles is 1. The first-order valence-electron chi connectivity index (χ1n) is 7.08. The zero-order chi connectivity index (χ0) is 16.0. The van der Waals surface area contributed by atoms with Crippen molar-refractivity contribution >= 4 is 49.5 Å². The average Bonchev–Trinajstić information content (AvgIpc) is 3.18. The predicted octanol–water partition coefficient (Wildman–Crippen LogP) is 4.69. The maximum absolute atomic E-state index is 9.59. The summed E-state index contributed by atoms with van der Waals surface area (Å²) in [6.45, 7) is 4.02. The highest BCUT2D eigenvalue weighted by atomic mass is 32.1. The number of allylic oxidation sites excluding steroid dienone is 1. The normalized spacial score (nSPS) is 12.1. The Labute approximate surface area is 141 Å². The van der Waals surface area contributed by atoms with Crippen molar-refractivity contribution in [3.63, 3.8) is 0 Å². The summed E-state index contributed by atoms with van der Waals surface area (Å²) in [5, 5.41) is 10.3. The van der Waals surface area contributed by atoms with Crippen molar-refractivity contribution in [3.05, 3.63) is 51.7 Å². The Morgan fingerprint density at radius 3 is 2.83 bits per heavy atom. The third-order valence-electron chi connectivity index (χ3n) is 3.59. The SMILES string of the molecule is Cc1cn2c(/C=C(\C#N)c3nc4ccccc4s3)c(C)nc2s1. The highest BCUT2D eigenvalue weighted by Crippen LogP contribution is 2.29. The predicted molar refractivity (Wildman–Crippen MR) is 95.6 cm³/mol. The quantitative estimate of drug-likeness (QED) is 0.499. The number of imidazole rings is 1. The number of rotatable bonds is 2. The molecule has 0 saturated heterocycles. The molecular weight excluding hydrogens is 324 g/mol. The summed E-state index contributed by atoms with van der Waals surface area (Å²) in [4.78, 5) is 11.3. The van der Waals surface area contributed by atoms with Gasteiger partial charge in [0.25, 0.3) is 0 Å². The maximum atomic E-state index is 9.59. The van der Waals surface area contributed by atoms with Crippen LogP contribution >= 0.6 is 22.7 Å². The summed E-state index contributed by atoms with van der Waals surface area (Å²) in [5.74, 6) is 0. The van der Waals surface area contributed by atoms with Gasteiger partial charge in [-0.1, -0.05) is 12.1 Å². The molecule has 6 heteroatoms. The largest absolute Gasteiger partial charge is 0.290 e. The number of thiazole rings is 2. The van der Waals surface area contributed by atoms with Gasteiger partial charge in [0.15, 0.2) is 4.96 Å². The number of fused-ring (bicyclic) bond motifs is 2. The van der Waals surface area contributed by atoms with Crippen LogP contribution in [0.3, 0.4) is 0 Å². The van der Waals surface area contributed by atoms with E-state index in [-0.39, 0.29) is 0 Å². The Kier molecular flexibility index (Phi) is 3.26. The number of aryl methyl sites for hydroxylation is 2.